The van der Waals surface area contributed by atoms with Gasteiger partial charge in [-0.3, -0.25) is 4.79 Å². The van der Waals surface area contributed by atoms with Gasteiger partial charge < -0.3 is 14.5 Å². The molecule has 1 heterocycles. The summed E-state index contributed by atoms with van der Waals surface area (Å²) in [5.41, 5.74) is 1.06. The number of nitrogens with zero attached hydrogens (tertiary/aromatic N) is 2. The van der Waals surface area contributed by atoms with E-state index in [-0.39, 0.29) is 11.9 Å². The number of rotatable bonds is 3. The molecule has 1 aromatic heterocycles. The Bertz CT molecular complexity index is 431. The maximum absolute atomic E-state index is 11.9. The molecule has 1 aromatic rings. The summed E-state index contributed by atoms with van der Waals surface area (Å²) >= 11 is 5.21. The second-order valence-electron chi connectivity index (χ2n) is 4.45. The molecule has 0 aliphatic heterocycles. The molecule has 0 saturated heterocycles. The predicted molar refractivity (Wildman–Crippen MR) is 67.1 cm³/mol. The van der Waals surface area contributed by atoms with Crippen LogP contribution in [0.2, 0.25) is 0 Å². The Kier molecular flexibility index (Phi) is 3.91. The number of carbonyl (C=O) groups excluding carboxylic acids is 1. The van der Waals surface area contributed by atoms with Crippen molar-refractivity contribution in [3.05, 3.63) is 16.7 Å². The molecule has 0 aliphatic carbocycles. The number of hydrogen-bond acceptors (Lipinski definition) is 2. The molecular weight excluding hydrogens is 222 g/mol. The van der Waals surface area contributed by atoms with Crippen molar-refractivity contribution < 1.29 is 4.79 Å². The highest BCUT2D eigenvalue weighted by Crippen LogP contribution is 2.20. The van der Waals surface area contributed by atoms with Gasteiger partial charge in [-0.2, -0.15) is 0 Å². The number of aromatic nitrogens is 2. The lowest BCUT2D eigenvalue weighted by Gasteiger charge is -2.21. The molecule has 1 atom stereocenters. The molecule has 0 saturated carbocycles. The summed E-state index contributed by atoms with van der Waals surface area (Å²) in [7, 11) is 3.51. The Hall–Kier alpha value is -1.10. The molecule has 1 N–H and O–H groups in total. The van der Waals surface area contributed by atoms with E-state index in [1.165, 1.54) is 0 Å². The molecular formula is C11H19N3OS. The van der Waals surface area contributed by atoms with Crippen LogP contribution in [-0.2, 0) is 4.79 Å². The second-order valence-corrected chi connectivity index (χ2v) is 4.84. The van der Waals surface area contributed by atoms with Crippen LogP contribution in [0.15, 0.2) is 6.20 Å². The fraction of sp³-hybridized carbons (Fsp3) is 0.636. The Morgan fingerprint density at radius 2 is 2.00 bits per heavy atom. The minimum atomic E-state index is -0.258. The Morgan fingerprint density at radius 3 is 2.44 bits per heavy atom. The maximum atomic E-state index is 11.9. The van der Waals surface area contributed by atoms with Crippen LogP contribution >= 0.6 is 12.2 Å². The number of likely N-dealkylation sites (N-methyl/N-ethyl adjacent to an activating group) is 1. The summed E-state index contributed by atoms with van der Waals surface area (Å²) in [6.45, 7) is 6.04. The summed E-state index contributed by atoms with van der Waals surface area (Å²) < 4.78 is 2.49. The van der Waals surface area contributed by atoms with Crippen molar-refractivity contribution in [1.82, 2.24) is 14.5 Å². The van der Waals surface area contributed by atoms with E-state index in [0.29, 0.717) is 10.7 Å². The Morgan fingerprint density at radius 1 is 1.44 bits per heavy atom. The molecule has 90 valence electrons. The van der Waals surface area contributed by atoms with Gasteiger partial charge in [-0.25, -0.2) is 0 Å². The molecule has 0 spiro atoms. The average molecular weight is 241 g/mol. The number of carbonyl (C=O) groups is 1. The van der Waals surface area contributed by atoms with Crippen molar-refractivity contribution in [3.63, 3.8) is 0 Å². The third-order valence-electron chi connectivity index (χ3n) is 2.62. The van der Waals surface area contributed by atoms with Crippen molar-refractivity contribution in [1.29, 1.82) is 0 Å². The number of nitrogens with one attached hydrogen (secondary N) is 1. The van der Waals surface area contributed by atoms with E-state index in [2.05, 4.69) is 18.8 Å². The average Bonchev–Trinajstić information content (AvgIpc) is 2.57. The molecule has 0 fully saturated rings. The summed E-state index contributed by atoms with van der Waals surface area (Å²) in [4.78, 5) is 16.5. The van der Waals surface area contributed by atoms with Crippen LogP contribution in [0, 0.1) is 4.77 Å². The highest BCUT2D eigenvalue weighted by Gasteiger charge is 2.21. The van der Waals surface area contributed by atoms with Crippen LogP contribution in [0.5, 0.6) is 0 Å². The zero-order valence-corrected chi connectivity index (χ0v) is 11.3. The molecule has 1 amide bonds. The minimum absolute atomic E-state index is 0.0533. The van der Waals surface area contributed by atoms with Crippen molar-refractivity contribution in [2.75, 3.05) is 14.1 Å². The molecule has 0 bridgehead atoms. The highest BCUT2D eigenvalue weighted by atomic mass is 32.1. The summed E-state index contributed by atoms with van der Waals surface area (Å²) in [6.07, 6.45) is 1.88. The molecule has 1 unspecified atom stereocenters. The molecule has 0 aliphatic rings. The summed E-state index contributed by atoms with van der Waals surface area (Å²) in [6, 6.07) is -0.258. The van der Waals surface area contributed by atoms with Crippen molar-refractivity contribution >= 4 is 18.1 Å². The lowest BCUT2D eigenvalue weighted by atomic mass is 10.1. The van der Waals surface area contributed by atoms with Crippen molar-refractivity contribution in [2.24, 2.45) is 0 Å². The van der Waals surface area contributed by atoms with Gasteiger partial charge in [0.05, 0.1) is 0 Å². The van der Waals surface area contributed by atoms with Gasteiger partial charge >= 0.3 is 0 Å². The number of H-pyrrole nitrogens is 1. The van der Waals surface area contributed by atoms with Gasteiger partial charge in [0.1, 0.15) is 6.04 Å². The smallest absolute Gasteiger partial charge is 0.244 e. The van der Waals surface area contributed by atoms with E-state index in [1.807, 2.05) is 17.7 Å². The first-order chi connectivity index (χ1) is 7.36. The van der Waals surface area contributed by atoms with E-state index in [9.17, 15) is 4.79 Å². The second kappa shape index (κ2) is 4.82. The molecule has 0 radical (unpaired) electrons. The van der Waals surface area contributed by atoms with Gasteiger partial charge in [-0.05, 0) is 25.1 Å². The van der Waals surface area contributed by atoms with E-state index in [0.717, 1.165) is 5.69 Å². The third-order valence-corrected chi connectivity index (χ3v) is 2.93. The van der Waals surface area contributed by atoms with Gasteiger partial charge in [0.25, 0.3) is 0 Å². The molecule has 16 heavy (non-hydrogen) atoms. The Labute approximate surface area is 101 Å². The largest absolute Gasteiger partial charge is 0.347 e. The predicted octanol–water partition coefficient (Wildman–Crippen LogP) is 2.32. The van der Waals surface area contributed by atoms with Crippen LogP contribution in [-0.4, -0.2) is 34.5 Å². The number of imidazole rings is 1. The van der Waals surface area contributed by atoms with Crippen LogP contribution in [0.4, 0.5) is 0 Å². The Balaban J connectivity index is 3.17. The van der Waals surface area contributed by atoms with Crippen molar-refractivity contribution in [3.8, 4) is 0 Å². The van der Waals surface area contributed by atoms with Gasteiger partial charge in [-0.1, -0.05) is 13.8 Å². The van der Waals surface area contributed by atoms with E-state index in [1.54, 1.807) is 19.0 Å². The van der Waals surface area contributed by atoms with E-state index < -0.39 is 0 Å². The van der Waals surface area contributed by atoms with Crippen LogP contribution < -0.4 is 0 Å². The van der Waals surface area contributed by atoms with E-state index >= 15 is 0 Å². The maximum Gasteiger partial charge on any atom is 0.244 e. The lowest BCUT2D eigenvalue weighted by molar-refractivity contribution is -0.131. The van der Waals surface area contributed by atoms with Gasteiger partial charge in [0, 0.05) is 26.0 Å². The summed E-state index contributed by atoms with van der Waals surface area (Å²) in [5.74, 6) is 0.392. The standard InChI is InChI=1S/C11H19N3OS/c1-7(2)9-6-12-11(16)14(9)8(3)10(15)13(4)5/h6-8H,1-5H3,(H,12,16). The van der Waals surface area contributed by atoms with Gasteiger partial charge in [0.2, 0.25) is 5.91 Å². The zero-order valence-electron chi connectivity index (χ0n) is 10.4. The first-order valence-corrected chi connectivity index (χ1v) is 5.78. The van der Waals surface area contributed by atoms with Crippen LogP contribution in [0.1, 0.15) is 38.4 Å². The lowest BCUT2D eigenvalue weighted by Crippen LogP contribution is -2.30. The molecule has 1 rings (SSSR count). The fourth-order valence-corrected chi connectivity index (χ4v) is 2.04. The van der Waals surface area contributed by atoms with E-state index in [4.69, 9.17) is 12.2 Å². The SMILES string of the molecule is CC(C)c1c[nH]c(=S)n1C(C)C(=O)N(C)C. The van der Waals surface area contributed by atoms with Crippen LogP contribution in [0.3, 0.4) is 0 Å². The highest BCUT2D eigenvalue weighted by molar-refractivity contribution is 7.71. The van der Waals surface area contributed by atoms with Gasteiger partial charge in [0.15, 0.2) is 4.77 Å². The monoisotopic (exact) mass is 241 g/mol. The molecule has 4 nitrogen and oxygen atoms in total. The van der Waals surface area contributed by atoms with Gasteiger partial charge in [-0.15, -0.1) is 0 Å². The molecule has 5 heteroatoms. The van der Waals surface area contributed by atoms with Crippen LogP contribution in [0.25, 0.3) is 0 Å². The molecule has 0 aromatic carbocycles. The first-order valence-electron chi connectivity index (χ1n) is 5.37. The zero-order chi connectivity index (χ0) is 12.5. The number of aromatic amines is 1. The fourth-order valence-electron chi connectivity index (χ4n) is 1.72. The number of amides is 1. The van der Waals surface area contributed by atoms with Crippen molar-refractivity contribution in [2.45, 2.75) is 32.7 Å². The normalized spacial score (nSPS) is 12.9. The summed E-state index contributed by atoms with van der Waals surface area (Å²) in [5, 5.41) is 0. The third kappa shape index (κ3) is 2.35. The topological polar surface area (TPSA) is 41.0 Å². The number of hydrogen-bond donors (Lipinski definition) is 1. The first kappa shape index (κ1) is 13.0. The minimum Gasteiger partial charge on any atom is -0.347 e. The quantitative estimate of drug-likeness (QED) is 0.825.